The standard InChI is InChI=1S/C25H18FIN4O4/c1-2-34-23-11-16(8-17(13-28)25-29-21-7-6-18(26)12-22(21)30-25)10-20(27)24(23)35-14-15-4-3-5-19(9-15)31(32)33/h3-12H,2,14H2,1H3,(H,29,30)/b17-8-. The Morgan fingerprint density at radius 3 is 2.83 bits per heavy atom. The topological polar surface area (TPSA) is 114 Å². The maximum absolute atomic E-state index is 13.5. The number of aromatic amines is 1. The molecule has 0 spiro atoms. The molecular formula is C25H18FIN4O4. The van der Waals surface area contributed by atoms with Gasteiger partial charge in [0.05, 0.1) is 31.7 Å². The first-order valence-electron chi connectivity index (χ1n) is 10.5. The van der Waals surface area contributed by atoms with E-state index < -0.39 is 10.7 Å². The Morgan fingerprint density at radius 2 is 2.09 bits per heavy atom. The van der Waals surface area contributed by atoms with Crippen LogP contribution in [0, 0.1) is 30.8 Å². The summed E-state index contributed by atoms with van der Waals surface area (Å²) in [6.45, 7) is 2.34. The van der Waals surface area contributed by atoms with Gasteiger partial charge in [0, 0.05) is 12.1 Å². The van der Waals surface area contributed by atoms with Gasteiger partial charge in [-0.15, -0.1) is 0 Å². The van der Waals surface area contributed by atoms with Crippen molar-refractivity contribution in [2.75, 3.05) is 6.61 Å². The van der Waals surface area contributed by atoms with Crippen molar-refractivity contribution in [2.45, 2.75) is 13.5 Å². The molecule has 10 heteroatoms. The zero-order valence-corrected chi connectivity index (χ0v) is 20.6. The minimum atomic E-state index is -0.453. The molecule has 0 unspecified atom stereocenters. The number of H-pyrrole nitrogens is 1. The molecule has 3 aromatic carbocycles. The molecule has 0 aliphatic rings. The Bertz CT molecular complexity index is 1490. The Kier molecular flexibility index (Phi) is 7.26. The molecular weight excluding hydrogens is 566 g/mol. The molecule has 1 N–H and O–H groups in total. The number of ether oxygens (including phenoxy) is 2. The molecule has 0 saturated heterocycles. The number of benzene rings is 3. The minimum Gasteiger partial charge on any atom is -0.490 e. The second kappa shape index (κ2) is 10.5. The number of fused-ring (bicyclic) bond motifs is 1. The Labute approximate surface area is 213 Å². The van der Waals surface area contributed by atoms with Crippen LogP contribution in [0.1, 0.15) is 23.9 Å². The van der Waals surface area contributed by atoms with Gasteiger partial charge in [-0.25, -0.2) is 9.37 Å². The molecule has 176 valence electrons. The van der Waals surface area contributed by atoms with Crippen molar-refractivity contribution in [3.63, 3.8) is 0 Å². The van der Waals surface area contributed by atoms with Gasteiger partial charge in [0.25, 0.3) is 5.69 Å². The van der Waals surface area contributed by atoms with Crippen LogP contribution in [0.25, 0.3) is 22.7 Å². The van der Waals surface area contributed by atoms with E-state index in [9.17, 15) is 19.8 Å². The molecule has 4 aromatic rings. The zero-order valence-electron chi connectivity index (χ0n) is 18.4. The summed E-state index contributed by atoms with van der Waals surface area (Å²) < 4.78 is 26.0. The van der Waals surface area contributed by atoms with Crippen molar-refractivity contribution in [3.8, 4) is 17.6 Å². The van der Waals surface area contributed by atoms with Crippen LogP contribution in [0.15, 0.2) is 54.6 Å². The van der Waals surface area contributed by atoms with Gasteiger partial charge in [-0.05, 0) is 77.0 Å². The Morgan fingerprint density at radius 1 is 1.26 bits per heavy atom. The molecule has 8 nitrogen and oxygen atoms in total. The smallest absolute Gasteiger partial charge is 0.269 e. The number of imidazole rings is 1. The highest BCUT2D eigenvalue weighted by Crippen LogP contribution is 2.36. The normalized spacial score (nSPS) is 11.3. The monoisotopic (exact) mass is 584 g/mol. The number of nitro groups is 1. The lowest BCUT2D eigenvalue weighted by Gasteiger charge is -2.15. The van der Waals surface area contributed by atoms with Gasteiger partial charge >= 0.3 is 0 Å². The number of aromatic nitrogens is 2. The molecule has 0 amide bonds. The molecule has 1 aromatic heterocycles. The number of nitriles is 1. The fourth-order valence-corrected chi connectivity index (χ4v) is 4.20. The van der Waals surface area contributed by atoms with Crippen LogP contribution in [0.4, 0.5) is 10.1 Å². The zero-order chi connectivity index (χ0) is 24.9. The van der Waals surface area contributed by atoms with Gasteiger partial charge in [-0.1, -0.05) is 12.1 Å². The summed E-state index contributed by atoms with van der Waals surface area (Å²) in [5.74, 6) is 0.896. The number of nitro benzene ring substituents is 1. The van der Waals surface area contributed by atoms with Gasteiger partial charge in [-0.3, -0.25) is 10.1 Å². The first kappa shape index (κ1) is 24.2. The van der Waals surface area contributed by atoms with Crippen LogP contribution >= 0.6 is 22.6 Å². The fraction of sp³-hybridized carbons (Fsp3) is 0.120. The highest BCUT2D eigenvalue weighted by Gasteiger charge is 2.15. The van der Waals surface area contributed by atoms with E-state index >= 15 is 0 Å². The molecule has 35 heavy (non-hydrogen) atoms. The third kappa shape index (κ3) is 5.58. The van der Waals surface area contributed by atoms with E-state index in [0.717, 1.165) is 3.57 Å². The molecule has 0 aliphatic carbocycles. The van der Waals surface area contributed by atoms with Gasteiger partial charge < -0.3 is 14.5 Å². The quantitative estimate of drug-likeness (QED) is 0.113. The third-order valence-corrected chi connectivity index (χ3v) is 5.77. The van der Waals surface area contributed by atoms with Crippen molar-refractivity contribution in [3.05, 3.63) is 91.1 Å². The molecule has 0 bridgehead atoms. The Balaban J connectivity index is 1.64. The molecule has 0 saturated carbocycles. The predicted octanol–water partition coefficient (Wildman–Crippen LogP) is 6.26. The number of allylic oxidation sites excluding steroid dienone is 1. The van der Waals surface area contributed by atoms with Crippen LogP contribution in [0.2, 0.25) is 0 Å². The van der Waals surface area contributed by atoms with E-state index in [1.807, 2.05) is 13.0 Å². The van der Waals surface area contributed by atoms with E-state index in [1.165, 1.54) is 24.3 Å². The van der Waals surface area contributed by atoms with Gasteiger partial charge in [0.1, 0.15) is 24.3 Å². The lowest BCUT2D eigenvalue weighted by atomic mass is 10.1. The number of hydrogen-bond donors (Lipinski definition) is 1. The van der Waals surface area contributed by atoms with Crippen LogP contribution in [-0.2, 0) is 6.61 Å². The van der Waals surface area contributed by atoms with E-state index in [2.05, 4.69) is 38.6 Å². The van der Waals surface area contributed by atoms with E-state index in [1.54, 1.807) is 30.3 Å². The van der Waals surface area contributed by atoms with Crippen LogP contribution in [0.5, 0.6) is 11.5 Å². The van der Waals surface area contributed by atoms with Crippen molar-refractivity contribution in [1.82, 2.24) is 9.97 Å². The summed E-state index contributed by atoms with van der Waals surface area (Å²) in [7, 11) is 0. The summed E-state index contributed by atoms with van der Waals surface area (Å²) in [4.78, 5) is 17.9. The third-order valence-electron chi connectivity index (χ3n) is 4.97. The lowest BCUT2D eigenvalue weighted by Crippen LogP contribution is -2.02. The summed E-state index contributed by atoms with van der Waals surface area (Å²) in [6, 6.07) is 16.1. The SMILES string of the molecule is CCOc1cc(/C=C(/C#N)c2nc3ccc(F)cc3[nH]2)cc(I)c1OCc1cccc([N+](=O)[O-])c1. The summed E-state index contributed by atoms with van der Waals surface area (Å²) >= 11 is 2.11. The van der Waals surface area contributed by atoms with Gasteiger partial charge in [0.15, 0.2) is 11.5 Å². The highest BCUT2D eigenvalue weighted by atomic mass is 127. The van der Waals surface area contributed by atoms with Crippen molar-refractivity contribution in [2.24, 2.45) is 0 Å². The van der Waals surface area contributed by atoms with E-state index in [4.69, 9.17) is 9.47 Å². The van der Waals surface area contributed by atoms with Crippen molar-refractivity contribution >= 4 is 51.0 Å². The lowest BCUT2D eigenvalue weighted by molar-refractivity contribution is -0.384. The molecule has 0 fully saturated rings. The molecule has 0 aliphatic heterocycles. The number of nitrogens with zero attached hydrogens (tertiary/aromatic N) is 3. The number of non-ortho nitro benzene ring substituents is 1. The Hall–Kier alpha value is -3.98. The second-order valence-electron chi connectivity index (χ2n) is 7.40. The maximum Gasteiger partial charge on any atom is 0.269 e. The maximum atomic E-state index is 13.5. The average Bonchev–Trinajstić information content (AvgIpc) is 3.25. The second-order valence-corrected chi connectivity index (χ2v) is 8.56. The number of nitrogens with one attached hydrogen (secondary N) is 1. The molecule has 0 atom stereocenters. The fourth-order valence-electron chi connectivity index (χ4n) is 3.42. The van der Waals surface area contributed by atoms with Gasteiger partial charge in [0.2, 0.25) is 0 Å². The van der Waals surface area contributed by atoms with Gasteiger partial charge in [-0.2, -0.15) is 5.26 Å². The number of rotatable bonds is 8. The summed E-state index contributed by atoms with van der Waals surface area (Å²) in [5, 5.41) is 20.8. The first-order valence-corrected chi connectivity index (χ1v) is 11.6. The largest absolute Gasteiger partial charge is 0.490 e. The minimum absolute atomic E-state index is 0.0105. The molecule has 0 radical (unpaired) electrons. The number of hydrogen-bond acceptors (Lipinski definition) is 6. The van der Waals surface area contributed by atoms with E-state index in [-0.39, 0.29) is 17.9 Å². The first-order chi connectivity index (χ1) is 16.9. The van der Waals surface area contributed by atoms with Crippen LogP contribution in [0.3, 0.4) is 0 Å². The van der Waals surface area contributed by atoms with E-state index in [0.29, 0.717) is 46.1 Å². The van der Waals surface area contributed by atoms with Crippen LogP contribution in [-0.4, -0.2) is 21.5 Å². The van der Waals surface area contributed by atoms with Crippen molar-refractivity contribution < 1.29 is 18.8 Å². The molecule has 1 heterocycles. The van der Waals surface area contributed by atoms with Crippen molar-refractivity contribution in [1.29, 1.82) is 5.26 Å². The average molecular weight is 584 g/mol. The highest BCUT2D eigenvalue weighted by molar-refractivity contribution is 14.1. The van der Waals surface area contributed by atoms with Crippen LogP contribution < -0.4 is 9.47 Å². The molecule has 4 rings (SSSR count). The predicted molar refractivity (Wildman–Crippen MR) is 137 cm³/mol. The number of halogens is 2. The summed E-state index contributed by atoms with van der Waals surface area (Å²) in [6.07, 6.45) is 1.66. The summed E-state index contributed by atoms with van der Waals surface area (Å²) in [5.41, 5.74) is 2.64.